The molecule has 16 heavy (non-hydrogen) atoms. The number of hydrogen-bond acceptors (Lipinski definition) is 4. The summed E-state index contributed by atoms with van der Waals surface area (Å²) >= 11 is 3.38. The molecule has 0 bridgehead atoms. The Morgan fingerprint density at radius 3 is 3.00 bits per heavy atom. The molecule has 4 nitrogen and oxygen atoms in total. The highest BCUT2D eigenvalue weighted by atomic mass is 79.9. The van der Waals surface area contributed by atoms with Gasteiger partial charge < -0.3 is 10.1 Å². The fraction of sp³-hybridized carbons (Fsp3) is 0.636. The SMILES string of the molecule is CC(C)COCCCNc1ncncc1Br. The van der Waals surface area contributed by atoms with Crippen LogP contribution in [0.4, 0.5) is 5.82 Å². The standard InChI is InChI=1S/C11H18BrN3O/c1-9(2)7-16-5-3-4-14-11-10(12)6-13-8-15-11/h6,8-9H,3-5,7H2,1-2H3,(H,13,14,15). The Bertz CT molecular complexity index is 307. The van der Waals surface area contributed by atoms with Crippen molar-refractivity contribution >= 4 is 21.7 Å². The van der Waals surface area contributed by atoms with Crippen molar-refractivity contribution in [3.63, 3.8) is 0 Å². The van der Waals surface area contributed by atoms with E-state index in [1.54, 1.807) is 6.20 Å². The average Bonchev–Trinajstić information content (AvgIpc) is 2.25. The van der Waals surface area contributed by atoms with Crippen molar-refractivity contribution in [3.05, 3.63) is 17.0 Å². The van der Waals surface area contributed by atoms with Gasteiger partial charge in [-0.25, -0.2) is 9.97 Å². The molecule has 1 rings (SSSR count). The first-order chi connectivity index (χ1) is 7.70. The van der Waals surface area contributed by atoms with Crippen LogP contribution in [0.25, 0.3) is 0 Å². The highest BCUT2D eigenvalue weighted by Gasteiger charge is 1.99. The zero-order valence-corrected chi connectivity index (χ0v) is 11.3. The predicted molar refractivity (Wildman–Crippen MR) is 68.5 cm³/mol. The zero-order chi connectivity index (χ0) is 11.8. The van der Waals surface area contributed by atoms with Crippen LogP contribution >= 0.6 is 15.9 Å². The van der Waals surface area contributed by atoms with E-state index in [2.05, 4.69) is 45.1 Å². The Kier molecular flexibility index (Phi) is 6.33. The molecular formula is C11H18BrN3O. The number of halogens is 1. The van der Waals surface area contributed by atoms with Crippen molar-refractivity contribution in [3.8, 4) is 0 Å². The Balaban J connectivity index is 2.10. The molecule has 0 aliphatic carbocycles. The van der Waals surface area contributed by atoms with Crippen LogP contribution in [0.2, 0.25) is 0 Å². The number of ether oxygens (including phenoxy) is 1. The summed E-state index contributed by atoms with van der Waals surface area (Å²) in [4.78, 5) is 8.01. The van der Waals surface area contributed by atoms with E-state index in [1.165, 1.54) is 6.33 Å². The molecule has 1 N–H and O–H groups in total. The number of nitrogens with one attached hydrogen (secondary N) is 1. The first-order valence-corrected chi connectivity index (χ1v) is 6.26. The molecular weight excluding hydrogens is 270 g/mol. The van der Waals surface area contributed by atoms with Gasteiger partial charge in [0.2, 0.25) is 0 Å². The van der Waals surface area contributed by atoms with Gasteiger partial charge in [-0.1, -0.05) is 13.8 Å². The topological polar surface area (TPSA) is 47.0 Å². The maximum absolute atomic E-state index is 5.48. The number of rotatable bonds is 7. The van der Waals surface area contributed by atoms with Crippen molar-refractivity contribution in [2.75, 3.05) is 25.1 Å². The summed E-state index contributed by atoms with van der Waals surface area (Å²) in [6.45, 7) is 6.77. The van der Waals surface area contributed by atoms with E-state index in [4.69, 9.17) is 4.74 Å². The summed E-state index contributed by atoms with van der Waals surface area (Å²) < 4.78 is 6.37. The van der Waals surface area contributed by atoms with Crippen LogP contribution in [-0.4, -0.2) is 29.7 Å². The van der Waals surface area contributed by atoms with Crippen LogP contribution < -0.4 is 5.32 Å². The van der Waals surface area contributed by atoms with Gasteiger partial charge in [0.1, 0.15) is 12.1 Å². The van der Waals surface area contributed by atoms with E-state index in [1.807, 2.05) is 0 Å². The molecule has 0 saturated heterocycles. The van der Waals surface area contributed by atoms with E-state index < -0.39 is 0 Å². The fourth-order valence-electron chi connectivity index (χ4n) is 1.14. The second-order valence-corrected chi connectivity index (χ2v) is 4.82. The second kappa shape index (κ2) is 7.57. The van der Waals surface area contributed by atoms with Crippen molar-refractivity contribution in [2.45, 2.75) is 20.3 Å². The normalized spacial score (nSPS) is 10.8. The molecule has 0 radical (unpaired) electrons. The van der Waals surface area contributed by atoms with Crippen molar-refractivity contribution < 1.29 is 4.74 Å². The van der Waals surface area contributed by atoms with Crippen LogP contribution in [0.1, 0.15) is 20.3 Å². The molecule has 5 heteroatoms. The molecule has 0 aromatic carbocycles. The fourth-order valence-corrected chi connectivity index (χ4v) is 1.50. The lowest BCUT2D eigenvalue weighted by Crippen LogP contribution is -2.09. The summed E-state index contributed by atoms with van der Waals surface area (Å²) in [6.07, 6.45) is 4.23. The molecule has 1 aromatic heterocycles. The van der Waals surface area contributed by atoms with Gasteiger partial charge >= 0.3 is 0 Å². The number of anilines is 1. The predicted octanol–water partition coefficient (Wildman–Crippen LogP) is 2.71. The largest absolute Gasteiger partial charge is 0.381 e. The molecule has 1 heterocycles. The lowest BCUT2D eigenvalue weighted by atomic mass is 10.2. The van der Waals surface area contributed by atoms with Gasteiger partial charge in [0.05, 0.1) is 4.47 Å². The molecule has 0 fully saturated rings. The highest BCUT2D eigenvalue weighted by molar-refractivity contribution is 9.10. The van der Waals surface area contributed by atoms with E-state index in [0.29, 0.717) is 5.92 Å². The van der Waals surface area contributed by atoms with Gasteiger partial charge in [0.15, 0.2) is 0 Å². The van der Waals surface area contributed by atoms with Crippen LogP contribution in [0.5, 0.6) is 0 Å². The van der Waals surface area contributed by atoms with Crippen molar-refractivity contribution in [2.24, 2.45) is 5.92 Å². The second-order valence-electron chi connectivity index (χ2n) is 3.97. The van der Waals surface area contributed by atoms with E-state index in [9.17, 15) is 0 Å². The van der Waals surface area contributed by atoms with Gasteiger partial charge in [-0.05, 0) is 28.3 Å². The van der Waals surface area contributed by atoms with E-state index in [-0.39, 0.29) is 0 Å². The maximum atomic E-state index is 5.48. The molecule has 0 unspecified atom stereocenters. The minimum Gasteiger partial charge on any atom is -0.381 e. The Morgan fingerprint density at radius 2 is 2.31 bits per heavy atom. The molecule has 1 aromatic rings. The highest BCUT2D eigenvalue weighted by Crippen LogP contribution is 2.16. The summed E-state index contributed by atoms with van der Waals surface area (Å²) in [7, 11) is 0. The number of hydrogen-bond donors (Lipinski definition) is 1. The molecule has 0 saturated carbocycles. The van der Waals surface area contributed by atoms with Crippen LogP contribution in [0, 0.1) is 5.92 Å². The zero-order valence-electron chi connectivity index (χ0n) is 9.74. The van der Waals surface area contributed by atoms with Crippen LogP contribution in [0.3, 0.4) is 0 Å². The minimum atomic E-state index is 0.601. The lowest BCUT2D eigenvalue weighted by molar-refractivity contribution is 0.110. The summed E-state index contributed by atoms with van der Waals surface area (Å²) in [5.74, 6) is 1.43. The third kappa shape index (κ3) is 5.42. The third-order valence-corrected chi connectivity index (χ3v) is 2.46. The van der Waals surface area contributed by atoms with Gasteiger partial charge in [0, 0.05) is 26.0 Å². The Morgan fingerprint density at radius 1 is 1.50 bits per heavy atom. The summed E-state index contributed by atoms with van der Waals surface area (Å²) in [5, 5.41) is 3.22. The van der Waals surface area contributed by atoms with E-state index >= 15 is 0 Å². The third-order valence-electron chi connectivity index (χ3n) is 1.88. The minimum absolute atomic E-state index is 0.601. The monoisotopic (exact) mass is 287 g/mol. The summed E-state index contributed by atoms with van der Waals surface area (Å²) in [5.41, 5.74) is 0. The van der Waals surface area contributed by atoms with Gasteiger partial charge in [-0.3, -0.25) is 0 Å². The van der Waals surface area contributed by atoms with Gasteiger partial charge in [-0.15, -0.1) is 0 Å². The molecule has 0 atom stereocenters. The van der Waals surface area contributed by atoms with Crippen LogP contribution in [0.15, 0.2) is 17.0 Å². The molecule has 0 spiro atoms. The molecule has 0 aliphatic rings. The quantitative estimate of drug-likeness (QED) is 0.784. The smallest absolute Gasteiger partial charge is 0.143 e. The van der Waals surface area contributed by atoms with E-state index in [0.717, 1.165) is 36.5 Å². The number of nitrogens with zero attached hydrogens (tertiary/aromatic N) is 2. The molecule has 0 amide bonds. The first kappa shape index (κ1) is 13.4. The summed E-state index contributed by atoms with van der Waals surface area (Å²) in [6, 6.07) is 0. The van der Waals surface area contributed by atoms with Gasteiger partial charge in [0.25, 0.3) is 0 Å². The lowest BCUT2D eigenvalue weighted by Gasteiger charge is -2.08. The van der Waals surface area contributed by atoms with Crippen molar-refractivity contribution in [1.29, 1.82) is 0 Å². The molecule has 0 aliphatic heterocycles. The molecule has 90 valence electrons. The average molecular weight is 288 g/mol. The maximum Gasteiger partial charge on any atom is 0.143 e. The van der Waals surface area contributed by atoms with Crippen molar-refractivity contribution in [1.82, 2.24) is 9.97 Å². The Hall–Kier alpha value is -0.680. The Labute approximate surface area is 105 Å². The first-order valence-electron chi connectivity index (χ1n) is 5.47. The van der Waals surface area contributed by atoms with Gasteiger partial charge in [-0.2, -0.15) is 0 Å². The van der Waals surface area contributed by atoms with Crippen LogP contribution in [-0.2, 0) is 4.74 Å². The number of aromatic nitrogens is 2.